The lowest BCUT2D eigenvalue weighted by Gasteiger charge is -2.05. The molecule has 0 aliphatic heterocycles. The molecule has 0 unspecified atom stereocenters. The minimum atomic E-state index is -0.229. The number of ketones is 1. The van der Waals surface area contributed by atoms with Gasteiger partial charge in [0.1, 0.15) is 11.4 Å². The van der Waals surface area contributed by atoms with E-state index >= 15 is 0 Å². The molecule has 4 heteroatoms. The Morgan fingerprint density at radius 2 is 1.83 bits per heavy atom. The highest BCUT2D eigenvalue weighted by atomic mass is 16.5. The number of carbonyl (C=O) groups is 1. The summed E-state index contributed by atoms with van der Waals surface area (Å²) in [7, 11) is 1.49. The third kappa shape index (κ3) is 2.27. The molecule has 18 heavy (non-hydrogen) atoms. The van der Waals surface area contributed by atoms with Gasteiger partial charge in [-0.2, -0.15) is 0 Å². The molecule has 0 aliphatic rings. The van der Waals surface area contributed by atoms with E-state index in [0.717, 1.165) is 0 Å². The minimum absolute atomic E-state index is 0.0863. The maximum atomic E-state index is 12.2. The normalized spacial score (nSPS) is 9.83. The molecule has 0 aromatic heterocycles. The first-order valence-corrected chi connectivity index (χ1v) is 5.37. The van der Waals surface area contributed by atoms with Gasteiger partial charge in [-0.25, -0.2) is 0 Å². The molecular formula is C14H11NO3. The maximum absolute atomic E-state index is 12.2. The van der Waals surface area contributed by atoms with Crippen molar-refractivity contribution in [1.29, 1.82) is 0 Å². The highest BCUT2D eigenvalue weighted by Gasteiger charge is 2.14. The molecule has 0 amide bonds. The van der Waals surface area contributed by atoms with E-state index in [4.69, 9.17) is 4.74 Å². The van der Waals surface area contributed by atoms with E-state index < -0.39 is 0 Å². The van der Waals surface area contributed by atoms with E-state index in [9.17, 15) is 9.70 Å². The van der Waals surface area contributed by atoms with Crippen molar-refractivity contribution in [2.75, 3.05) is 7.11 Å². The molecular weight excluding hydrogens is 230 g/mol. The zero-order chi connectivity index (χ0) is 13.0. The van der Waals surface area contributed by atoms with Gasteiger partial charge in [-0.05, 0) is 17.3 Å². The van der Waals surface area contributed by atoms with Crippen molar-refractivity contribution in [3.63, 3.8) is 0 Å². The molecule has 4 nitrogen and oxygen atoms in total. The molecule has 0 radical (unpaired) electrons. The van der Waals surface area contributed by atoms with Crippen molar-refractivity contribution in [3.8, 4) is 5.75 Å². The average molecular weight is 241 g/mol. The Morgan fingerprint density at radius 3 is 2.44 bits per heavy atom. The van der Waals surface area contributed by atoms with Crippen LogP contribution in [0.4, 0.5) is 5.69 Å². The van der Waals surface area contributed by atoms with E-state index in [2.05, 4.69) is 5.18 Å². The second kappa shape index (κ2) is 5.23. The molecule has 0 aliphatic carbocycles. The average Bonchev–Trinajstić information content (AvgIpc) is 2.46. The molecule has 0 heterocycles. The Hall–Kier alpha value is -2.49. The van der Waals surface area contributed by atoms with Crippen LogP contribution in [0, 0.1) is 4.91 Å². The first-order valence-electron chi connectivity index (χ1n) is 5.37. The Balaban J connectivity index is 2.45. The number of rotatable bonds is 4. The molecule has 0 atom stereocenters. The highest BCUT2D eigenvalue weighted by molar-refractivity contribution is 6.12. The molecule has 0 saturated carbocycles. The van der Waals surface area contributed by atoms with Crippen molar-refractivity contribution in [2.45, 2.75) is 0 Å². The van der Waals surface area contributed by atoms with Crippen LogP contribution in [-0.2, 0) is 0 Å². The Bertz CT molecular complexity index is 579. The van der Waals surface area contributed by atoms with Crippen LogP contribution in [0.15, 0.2) is 53.7 Å². The lowest BCUT2D eigenvalue weighted by Crippen LogP contribution is -2.01. The van der Waals surface area contributed by atoms with E-state index in [-0.39, 0.29) is 17.0 Å². The zero-order valence-electron chi connectivity index (χ0n) is 9.79. The summed E-state index contributed by atoms with van der Waals surface area (Å²) in [4.78, 5) is 23.0. The summed E-state index contributed by atoms with van der Waals surface area (Å²) in [6.07, 6.45) is 0. The number of hydrogen-bond acceptors (Lipinski definition) is 4. The van der Waals surface area contributed by atoms with Gasteiger partial charge in [-0.15, -0.1) is 4.91 Å². The molecule has 0 spiro atoms. The molecule has 0 fully saturated rings. The van der Waals surface area contributed by atoms with Crippen LogP contribution in [0.5, 0.6) is 5.75 Å². The topological polar surface area (TPSA) is 55.7 Å². The van der Waals surface area contributed by atoms with Crippen molar-refractivity contribution >= 4 is 11.5 Å². The van der Waals surface area contributed by atoms with Crippen molar-refractivity contribution in [1.82, 2.24) is 0 Å². The summed E-state index contributed by atoms with van der Waals surface area (Å²) in [5.74, 6) is 0.266. The predicted molar refractivity (Wildman–Crippen MR) is 68.3 cm³/mol. The summed E-state index contributed by atoms with van der Waals surface area (Å²) in [6.45, 7) is 0. The van der Waals surface area contributed by atoms with Crippen molar-refractivity contribution < 1.29 is 9.53 Å². The number of nitroso groups, excluding NO2 is 1. The minimum Gasteiger partial charge on any atom is -0.497 e. The zero-order valence-corrected chi connectivity index (χ0v) is 9.79. The highest BCUT2D eigenvalue weighted by Crippen LogP contribution is 2.27. The number of hydrogen-bond donors (Lipinski definition) is 0. The maximum Gasteiger partial charge on any atom is 0.195 e. The van der Waals surface area contributed by atoms with E-state index in [1.54, 1.807) is 36.4 Å². The van der Waals surface area contributed by atoms with Gasteiger partial charge in [0.15, 0.2) is 5.78 Å². The number of nitrogens with zero attached hydrogens (tertiary/aromatic N) is 1. The Labute approximate surface area is 104 Å². The van der Waals surface area contributed by atoms with Crippen LogP contribution >= 0.6 is 0 Å². The van der Waals surface area contributed by atoms with Crippen LogP contribution in [0.25, 0.3) is 0 Å². The van der Waals surface area contributed by atoms with Gasteiger partial charge in [0.2, 0.25) is 0 Å². The van der Waals surface area contributed by atoms with Crippen LogP contribution in [0.3, 0.4) is 0 Å². The fourth-order valence-electron chi connectivity index (χ4n) is 1.65. The van der Waals surface area contributed by atoms with Crippen LogP contribution in [0.1, 0.15) is 15.9 Å². The first kappa shape index (κ1) is 12.0. The number of benzene rings is 2. The summed E-state index contributed by atoms with van der Waals surface area (Å²) in [5, 5.41) is 2.87. The smallest absolute Gasteiger partial charge is 0.195 e. The van der Waals surface area contributed by atoms with E-state index in [0.29, 0.717) is 11.3 Å². The fraction of sp³-hybridized carbons (Fsp3) is 0.0714. The van der Waals surface area contributed by atoms with Gasteiger partial charge in [0.25, 0.3) is 0 Å². The van der Waals surface area contributed by atoms with Crippen LogP contribution in [0.2, 0.25) is 0 Å². The van der Waals surface area contributed by atoms with Gasteiger partial charge >= 0.3 is 0 Å². The molecule has 0 bridgehead atoms. The summed E-state index contributed by atoms with van der Waals surface area (Å²) in [5.41, 5.74) is 0.882. The molecule has 2 aromatic carbocycles. The molecule has 0 N–H and O–H groups in total. The summed E-state index contributed by atoms with van der Waals surface area (Å²) in [6, 6.07) is 13.4. The predicted octanol–water partition coefficient (Wildman–Crippen LogP) is 3.32. The summed E-state index contributed by atoms with van der Waals surface area (Å²) >= 11 is 0. The van der Waals surface area contributed by atoms with Crippen LogP contribution in [-0.4, -0.2) is 12.9 Å². The third-order valence-electron chi connectivity index (χ3n) is 2.58. The third-order valence-corrected chi connectivity index (χ3v) is 2.58. The van der Waals surface area contributed by atoms with Gasteiger partial charge in [0, 0.05) is 11.6 Å². The lowest BCUT2D eigenvalue weighted by molar-refractivity contribution is 0.103. The first-order chi connectivity index (χ1) is 8.76. The van der Waals surface area contributed by atoms with E-state index in [1.165, 1.54) is 13.2 Å². The van der Waals surface area contributed by atoms with Crippen molar-refractivity contribution in [2.24, 2.45) is 5.18 Å². The lowest BCUT2D eigenvalue weighted by atomic mass is 10.0. The largest absolute Gasteiger partial charge is 0.497 e. The van der Waals surface area contributed by atoms with Gasteiger partial charge in [-0.3, -0.25) is 4.79 Å². The molecule has 2 aromatic rings. The van der Waals surface area contributed by atoms with Crippen molar-refractivity contribution in [3.05, 3.63) is 64.6 Å². The standard InChI is InChI=1S/C14H11NO3/c1-18-11-7-8-12(13(9-11)15-17)14(16)10-5-3-2-4-6-10/h2-9H,1H3. The number of methoxy groups -OCH3 is 1. The quantitative estimate of drug-likeness (QED) is 0.609. The SMILES string of the molecule is COc1ccc(C(=O)c2ccccc2)c(N=O)c1. The van der Waals surface area contributed by atoms with Crippen LogP contribution < -0.4 is 4.74 Å². The molecule has 90 valence electrons. The number of carbonyl (C=O) groups excluding carboxylic acids is 1. The Morgan fingerprint density at radius 1 is 1.11 bits per heavy atom. The second-order valence-corrected chi connectivity index (χ2v) is 3.67. The second-order valence-electron chi connectivity index (χ2n) is 3.67. The molecule has 2 rings (SSSR count). The monoisotopic (exact) mass is 241 g/mol. The van der Waals surface area contributed by atoms with E-state index in [1.807, 2.05) is 6.07 Å². The van der Waals surface area contributed by atoms with Gasteiger partial charge in [-0.1, -0.05) is 30.3 Å². The van der Waals surface area contributed by atoms with Gasteiger partial charge < -0.3 is 4.74 Å². The fourth-order valence-corrected chi connectivity index (χ4v) is 1.65. The molecule has 0 saturated heterocycles. The van der Waals surface area contributed by atoms with Gasteiger partial charge in [0.05, 0.1) is 12.7 Å². The summed E-state index contributed by atoms with van der Waals surface area (Å²) < 4.78 is 4.99. The number of ether oxygens (including phenoxy) is 1. The Kier molecular flexibility index (Phi) is 3.48.